The first kappa shape index (κ1) is 13.4. The van der Waals surface area contributed by atoms with Crippen molar-refractivity contribution in [1.29, 1.82) is 0 Å². The Morgan fingerprint density at radius 2 is 2.19 bits per heavy atom. The van der Waals surface area contributed by atoms with Crippen LogP contribution in [0.1, 0.15) is 11.1 Å². The van der Waals surface area contributed by atoms with Crippen LogP contribution in [0.2, 0.25) is 5.02 Å². The number of pyridine rings is 1. The molecule has 0 aliphatic heterocycles. The average molecular weight is 301 g/mol. The van der Waals surface area contributed by atoms with Gasteiger partial charge < -0.3 is 11.1 Å². The molecule has 0 unspecified atom stereocenters. The van der Waals surface area contributed by atoms with Gasteiger partial charge in [0.1, 0.15) is 0 Å². The van der Waals surface area contributed by atoms with Gasteiger partial charge in [0.2, 0.25) is 11.9 Å². The molecule has 6 nitrogen and oxygen atoms in total. The summed E-state index contributed by atoms with van der Waals surface area (Å²) in [5, 5.41) is 10.3. The minimum Gasteiger partial charge on any atom is -0.368 e. The van der Waals surface area contributed by atoms with E-state index < -0.39 is 0 Å². The zero-order chi connectivity index (χ0) is 14.7. The van der Waals surface area contributed by atoms with Crippen LogP contribution in [0.15, 0.2) is 42.7 Å². The Morgan fingerprint density at radius 1 is 1.29 bits per heavy atom. The molecule has 0 spiro atoms. The molecule has 7 heteroatoms. The molecule has 0 radical (unpaired) electrons. The number of halogens is 1. The molecule has 106 valence electrons. The summed E-state index contributed by atoms with van der Waals surface area (Å²) in [6, 6.07) is 9.59. The van der Waals surface area contributed by atoms with Crippen molar-refractivity contribution in [3.05, 3.63) is 58.9 Å². The lowest BCUT2D eigenvalue weighted by Crippen LogP contribution is -1.99. The summed E-state index contributed by atoms with van der Waals surface area (Å²) in [5.41, 5.74) is 8.53. The number of aromatic amines is 1. The lowest BCUT2D eigenvalue weighted by molar-refractivity contribution is 1.09. The van der Waals surface area contributed by atoms with Crippen molar-refractivity contribution in [3.63, 3.8) is 0 Å². The Kier molecular flexibility index (Phi) is 3.70. The first-order valence-corrected chi connectivity index (χ1v) is 6.71. The van der Waals surface area contributed by atoms with E-state index in [0.29, 0.717) is 11.0 Å². The summed E-state index contributed by atoms with van der Waals surface area (Å²) in [4.78, 5) is 8.15. The largest absolute Gasteiger partial charge is 0.368 e. The van der Waals surface area contributed by atoms with E-state index in [4.69, 9.17) is 17.3 Å². The van der Waals surface area contributed by atoms with Gasteiger partial charge in [-0.1, -0.05) is 23.7 Å². The monoisotopic (exact) mass is 300 g/mol. The number of nitrogens with two attached hydrogens (primary N) is 1. The van der Waals surface area contributed by atoms with Crippen molar-refractivity contribution < 1.29 is 0 Å². The Labute approximate surface area is 126 Å². The number of aromatic nitrogens is 4. The number of nitrogen functional groups attached to an aromatic ring is 1. The third kappa shape index (κ3) is 3.29. The van der Waals surface area contributed by atoms with Gasteiger partial charge in [0.15, 0.2) is 0 Å². The molecular weight excluding hydrogens is 288 g/mol. The number of nitrogens with zero attached hydrogens (tertiary/aromatic N) is 3. The highest BCUT2D eigenvalue weighted by Gasteiger charge is 2.08. The van der Waals surface area contributed by atoms with Gasteiger partial charge in [-0.25, -0.2) is 5.10 Å². The summed E-state index contributed by atoms with van der Waals surface area (Å²) < 4.78 is 0. The van der Waals surface area contributed by atoms with Crippen molar-refractivity contribution in [1.82, 2.24) is 20.2 Å². The van der Waals surface area contributed by atoms with Crippen LogP contribution in [0.5, 0.6) is 0 Å². The Bertz CT molecular complexity index is 740. The normalized spacial score (nSPS) is 10.5. The number of rotatable bonds is 4. The summed E-state index contributed by atoms with van der Waals surface area (Å²) in [6.07, 6.45) is 4.32. The Balaban J connectivity index is 1.89. The maximum Gasteiger partial charge on any atom is 0.248 e. The smallest absolute Gasteiger partial charge is 0.248 e. The molecule has 0 saturated heterocycles. The van der Waals surface area contributed by atoms with E-state index in [2.05, 4.69) is 25.5 Å². The maximum atomic E-state index is 6.07. The van der Waals surface area contributed by atoms with Crippen LogP contribution in [-0.2, 0) is 6.42 Å². The van der Waals surface area contributed by atoms with Gasteiger partial charge in [0.05, 0.1) is 0 Å². The van der Waals surface area contributed by atoms with E-state index in [9.17, 15) is 0 Å². The summed E-state index contributed by atoms with van der Waals surface area (Å²) in [5.74, 6) is 0.663. The number of hydrogen-bond acceptors (Lipinski definition) is 5. The number of H-pyrrole nitrogens is 1. The minimum absolute atomic E-state index is 0.258. The van der Waals surface area contributed by atoms with Crippen LogP contribution >= 0.6 is 11.6 Å². The molecule has 0 fully saturated rings. The van der Waals surface area contributed by atoms with Crippen LogP contribution in [0.25, 0.3) is 0 Å². The third-order valence-corrected chi connectivity index (χ3v) is 3.17. The highest BCUT2D eigenvalue weighted by molar-refractivity contribution is 6.30. The second kappa shape index (κ2) is 5.80. The second-order valence-corrected chi connectivity index (χ2v) is 4.95. The van der Waals surface area contributed by atoms with E-state index in [1.807, 2.05) is 36.5 Å². The predicted molar refractivity (Wildman–Crippen MR) is 82.6 cm³/mol. The molecule has 3 rings (SSSR count). The Hall–Kier alpha value is -2.60. The molecule has 0 saturated carbocycles. The topological polar surface area (TPSA) is 92.5 Å². The standard InChI is InChI=1S/C14H13ClN6/c15-11-4-3-10(6-9-2-1-5-17-8-9)12(7-11)18-14-19-13(16)20-21-14/h1-5,7-8H,6H2,(H4,16,18,19,20,21). The molecule has 0 aliphatic carbocycles. The van der Waals surface area contributed by atoms with Crippen LogP contribution in [-0.4, -0.2) is 20.2 Å². The van der Waals surface area contributed by atoms with Gasteiger partial charge in [-0.15, -0.1) is 5.10 Å². The number of benzene rings is 1. The molecular formula is C14H13ClN6. The number of hydrogen-bond donors (Lipinski definition) is 3. The quantitative estimate of drug-likeness (QED) is 0.689. The first-order valence-electron chi connectivity index (χ1n) is 6.33. The van der Waals surface area contributed by atoms with E-state index in [1.165, 1.54) is 0 Å². The predicted octanol–water partition coefficient (Wildman–Crippen LogP) is 2.77. The van der Waals surface area contributed by atoms with Crippen LogP contribution in [0, 0.1) is 0 Å². The van der Waals surface area contributed by atoms with Crippen molar-refractivity contribution in [2.45, 2.75) is 6.42 Å². The highest BCUT2D eigenvalue weighted by atomic mass is 35.5. The van der Waals surface area contributed by atoms with Crippen molar-refractivity contribution in [2.24, 2.45) is 0 Å². The highest BCUT2D eigenvalue weighted by Crippen LogP contribution is 2.25. The lowest BCUT2D eigenvalue weighted by atomic mass is 10.0. The minimum atomic E-state index is 0.258. The SMILES string of the molecule is Nc1nc(Nc2cc(Cl)ccc2Cc2cccnc2)n[nH]1. The molecule has 4 N–H and O–H groups in total. The van der Waals surface area contributed by atoms with Crippen molar-refractivity contribution >= 4 is 29.2 Å². The van der Waals surface area contributed by atoms with Gasteiger partial charge in [0.25, 0.3) is 0 Å². The van der Waals surface area contributed by atoms with E-state index >= 15 is 0 Å². The van der Waals surface area contributed by atoms with Crippen LogP contribution < -0.4 is 11.1 Å². The molecule has 2 heterocycles. The van der Waals surface area contributed by atoms with Gasteiger partial charge in [-0.2, -0.15) is 4.98 Å². The van der Waals surface area contributed by atoms with Gasteiger partial charge in [0, 0.05) is 29.5 Å². The summed E-state index contributed by atoms with van der Waals surface area (Å²) >= 11 is 6.07. The first-order chi connectivity index (χ1) is 10.2. The van der Waals surface area contributed by atoms with Gasteiger partial charge in [-0.3, -0.25) is 4.98 Å². The van der Waals surface area contributed by atoms with Crippen molar-refractivity contribution in [3.8, 4) is 0 Å². The van der Waals surface area contributed by atoms with Crippen LogP contribution in [0.3, 0.4) is 0 Å². The molecule has 0 aliphatic rings. The van der Waals surface area contributed by atoms with E-state index in [-0.39, 0.29) is 5.95 Å². The van der Waals surface area contributed by atoms with Crippen molar-refractivity contribution in [2.75, 3.05) is 11.1 Å². The van der Waals surface area contributed by atoms with E-state index in [0.717, 1.165) is 23.2 Å². The number of nitrogens with one attached hydrogen (secondary N) is 2. The fraction of sp³-hybridized carbons (Fsp3) is 0.0714. The zero-order valence-corrected chi connectivity index (χ0v) is 11.8. The summed E-state index contributed by atoms with van der Waals surface area (Å²) in [7, 11) is 0. The van der Waals surface area contributed by atoms with Gasteiger partial charge in [-0.05, 0) is 29.3 Å². The second-order valence-electron chi connectivity index (χ2n) is 4.51. The van der Waals surface area contributed by atoms with E-state index in [1.54, 1.807) is 6.20 Å². The lowest BCUT2D eigenvalue weighted by Gasteiger charge is -2.10. The van der Waals surface area contributed by atoms with Crippen LogP contribution in [0.4, 0.5) is 17.6 Å². The molecule has 1 aromatic carbocycles. The zero-order valence-electron chi connectivity index (χ0n) is 11.0. The molecule has 2 aromatic heterocycles. The fourth-order valence-electron chi connectivity index (χ4n) is 1.99. The third-order valence-electron chi connectivity index (χ3n) is 2.94. The molecule has 0 bridgehead atoms. The Morgan fingerprint density at radius 3 is 2.90 bits per heavy atom. The molecule has 3 aromatic rings. The molecule has 0 atom stereocenters. The van der Waals surface area contributed by atoms with Gasteiger partial charge >= 0.3 is 0 Å². The number of anilines is 3. The fourth-order valence-corrected chi connectivity index (χ4v) is 2.16. The maximum absolute atomic E-state index is 6.07. The molecule has 21 heavy (non-hydrogen) atoms. The average Bonchev–Trinajstić information content (AvgIpc) is 2.88. The molecule has 0 amide bonds. The summed E-state index contributed by atoms with van der Waals surface area (Å²) in [6.45, 7) is 0.